The SMILES string of the molecule is CC(C)Cc1cccc(C(O)c2csc(Br)c2)c1. The fourth-order valence-electron chi connectivity index (χ4n) is 2.02. The molecule has 0 radical (unpaired) electrons. The summed E-state index contributed by atoms with van der Waals surface area (Å²) in [7, 11) is 0. The molecule has 18 heavy (non-hydrogen) atoms. The Balaban J connectivity index is 2.22. The van der Waals surface area contributed by atoms with Gasteiger partial charge >= 0.3 is 0 Å². The second-order valence-corrected chi connectivity index (χ2v) is 7.22. The van der Waals surface area contributed by atoms with Crippen molar-refractivity contribution in [1.82, 2.24) is 0 Å². The Bertz CT molecular complexity index is 519. The van der Waals surface area contributed by atoms with Crippen LogP contribution in [0.15, 0.2) is 39.5 Å². The Kier molecular flexibility index (Phi) is 4.60. The number of rotatable bonds is 4. The van der Waals surface area contributed by atoms with E-state index < -0.39 is 6.10 Å². The molecule has 2 rings (SSSR count). The standard InChI is InChI=1S/C15H17BrOS/c1-10(2)6-11-4-3-5-12(7-11)15(17)13-8-14(16)18-9-13/h3-5,7-10,15,17H,6H2,1-2H3. The second-order valence-electron chi connectivity index (χ2n) is 4.93. The van der Waals surface area contributed by atoms with Crippen LogP contribution < -0.4 is 0 Å². The summed E-state index contributed by atoms with van der Waals surface area (Å²) >= 11 is 5.03. The van der Waals surface area contributed by atoms with Gasteiger partial charge in [0.2, 0.25) is 0 Å². The highest BCUT2D eigenvalue weighted by Crippen LogP contribution is 2.29. The summed E-state index contributed by atoms with van der Waals surface area (Å²) in [6, 6.07) is 10.2. The average molecular weight is 325 g/mol. The molecule has 1 aromatic carbocycles. The third kappa shape index (κ3) is 3.44. The molecule has 0 bridgehead atoms. The molecule has 1 nitrogen and oxygen atoms in total. The zero-order valence-electron chi connectivity index (χ0n) is 10.6. The minimum absolute atomic E-state index is 0.528. The number of benzene rings is 1. The molecule has 1 heterocycles. The molecule has 96 valence electrons. The van der Waals surface area contributed by atoms with E-state index in [-0.39, 0.29) is 0 Å². The first-order valence-electron chi connectivity index (χ1n) is 6.07. The number of thiophene rings is 1. The molecule has 0 aliphatic carbocycles. The van der Waals surface area contributed by atoms with Gasteiger partial charge in [-0.15, -0.1) is 11.3 Å². The Morgan fingerprint density at radius 3 is 2.61 bits per heavy atom. The first-order chi connectivity index (χ1) is 8.56. The quantitative estimate of drug-likeness (QED) is 0.857. The Hall–Kier alpha value is -0.640. The van der Waals surface area contributed by atoms with Crippen molar-refractivity contribution in [3.63, 3.8) is 0 Å². The summed E-state index contributed by atoms with van der Waals surface area (Å²) < 4.78 is 1.05. The smallest absolute Gasteiger partial charge is 0.105 e. The minimum Gasteiger partial charge on any atom is -0.384 e. The lowest BCUT2D eigenvalue weighted by Gasteiger charge is -2.12. The summed E-state index contributed by atoms with van der Waals surface area (Å²) in [6.45, 7) is 4.41. The molecule has 2 aromatic rings. The van der Waals surface area contributed by atoms with E-state index in [9.17, 15) is 5.11 Å². The molecule has 0 aliphatic heterocycles. The van der Waals surface area contributed by atoms with E-state index in [1.165, 1.54) is 5.56 Å². The Morgan fingerprint density at radius 2 is 2.00 bits per heavy atom. The summed E-state index contributed by atoms with van der Waals surface area (Å²) in [5.41, 5.74) is 3.21. The predicted molar refractivity (Wildman–Crippen MR) is 81.1 cm³/mol. The fourth-order valence-corrected chi connectivity index (χ4v) is 3.22. The molecular formula is C15H17BrOS. The van der Waals surface area contributed by atoms with Gasteiger partial charge in [0.1, 0.15) is 6.10 Å². The maximum Gasteiger partial charge on any atom is 0.105 e. The van der Waals surface area contributed by atoms with Gasteiger partial charge in [-0.05, 0) is 56.4 Å². The van der Waals surface area contributed by atoms with E-state index in [0.29, 0.717) is 5.92 Å². The van der Waals surface area contributed by atoms with E-state index in [0.717, 1.165) is 21.3 Å². The predicted octanol–water partition coefficient (Wildman–Crippen LogP) is 4.79. The monoisotopic (exact) mass is 324 g/mol. The van der Waals surface area contributed by atoms with E-state index in [2.05, 4.69) is 41.9 Å². The van der Waals surface area contributed by atoms with Crippen LogP contribution in [0.25, 0.3) is 0 Å². The zero-order valence-corrected chi connectivity index (χ0v) is 13.0. The van der Waals surface area contributed by atoms with Crippen molar-refractivity contribution >= 4 is 27.3 Å². The average Bonchev–Trinajstić information content (AvgIpc) is 2.74. The molecular weight excluding hydrogens is 308 g/mol. The lowest BCUT2D eigenvalue weighted by atomic mass is 9.97. The molecule has 0 amide bonds. The minimum atomic E-state index is -0.528. The molecule has 0 fully saturated rings. The maximum atomic E-state index is 10.3. The fraction of sp³-hybridized carbons (Fsp3) is 0.333. The Labute approximate surface area is 121 Å². The lowest BCUT2D eigenvalue weighted by Crippen LogP contribution is -2.00. The molecule has 0 aliphatic rings. The van der Waals surface area contributed by atoms with Gasteiger partial charge in [0.15, 0.2) is 0 Å². The van der Waals surface area contributed by atoms with Crippen molar-refractivity contribution in [1.29, 1.82) is 0 Å². The third-order valence-electron chi connectivity index (χ3n) is 2.81. The van der Waals surface area contributed by atoms with Crippen molar-refractivity contribution in [2.75, 3.05) is 0 Å². The van der Waals surface area contributed by atoms with E-state index in [1.54, 1.807) is 11.3 Å². The molecule has 3 heteroatoms. The van der Waals surface area contributed by atoms with Crippen LogP contribution in [0, 0.1) is 5.92 Å². The van der Waals surface area contributed by atoms with Gasteiger partial charge in [0.05, 0.1) is 3.79 Å². The van der Waals surface area contributed by atoms with E-state index in [4.69, 9.17) is 0 Å². The van der Waals surface area contributed by atoms with Gasteiger partial charge in [0, 0.05) is 0 Å². The van der Waals surface area contributed by atoms with Crippen molar-refractivity contribution in [3.8, 4) is 0 Å². The molecule has 0 saturated heterocycles. The second kappa shape index (κ2) is 6.00. The maximum absolute atomic E-state index is 10.3. The van der Waals surface area contributed by atoms with Crippen molar-refractivity contribution < 1.29 is 5.11 Å². The van der Waals surface area contributed by atoms with Gasteiger partial charge in [-0.2, -0.15) is 0 Å². The summed E-state index contributed by atoms with van der Waals surface area (Å²) in [5.74, 6) is 0.632. The van der Waals surface area contributed by atoms with Crippen LogP contribution in [0.4, 0.5) is 0 Å². The number of aliphatic hydroxyl groups is 1. The van der Waals surface area contributed by atoms with Crippen molar-refractivity contribution in [3.05, 3.63) is 56.2 Å². The highest BCUT2D eigenvalue weighted by atomic mass is 79.9. The van der Waals surface area contributed by atoms with Crippen LogP contribution >= 0.6 is 27.3 Å². The van der Waals surface area contributed by atoms with Crippen LogP contribution in [0.2, 0.25) is 0 Å². The molecule has 1 N–H and O–H groups in total. The molecule has 1 unspecified atom stereocenters. The largest absolute Gasteiger partial charge is 0.384 e. The van der Waals surface area contributed by atoms with Gasteiger partial charge in [-0.3, -0.25) is 0 Å². The first kappa shape index (κ1) is 13.8. The highest BCUT2D eigenvalue weighted by Gasteiger charge is 2.12. The third-order valence-corrected chi connectivity index (χ3v) is 4.34. The molecule has 0 spiro atoms. The van der Waals surface area contributed by atoms with Crippen LogP contribution in [0.1, 0.15) is 36.6 Å². The molecule has 0 saturated carbocycles. The highest BCUT2D eigenvalue weighted by molar-refractivity contribution is 9.11. The van der Waals surface area contributed by atoms with Crippen molar-refractivity contribution in [2.24, 2.45) is 5.92 Å². The van der Waals surface area contributed by atoms with Crippen molar-refractivity contribution in [2.45, 2.75) is 26.4 Å². The topological polar surface area (TPSA) is 20.2 Å². The Morgan fingerprint density at radius 1 is 1.22 bits per heavy atom. The number of hydrogen-bond acceptors (Lipinski definition) is 2. The van der Waals surface area contributed by atoms with E-state index >= 15 is 0 Å². The molecule has 1 atom stereocenters. The van der Waals surface area contributed by atoms with Crippen LogP contribution in [0.5, 0.6) is 0 Å². The summed E-state index contributed by atoms with van der Waals surface area (Å²) in [6.07, 6.45) is 0.521. The number of hydrogen-bond donors (Lipinski definition) is 1. The van der Waals surface area contributed by atoms with Gasteiger partial charge in [0.25, 0.3) is 0 Å². The van der Waals surface area contributed by atoms with E-state index in [1.807, 2.05) is 23.6 Å². The lowest BCUT2D eigenvalue weighted by molar-refractivity contribution is 0.220. The van der Waals surface area contributed by atoms with Gasteiger partial charge in [-0.1, -0.05) is 38.1 Å². The zero-order chi connectivity index (χ0) is 13.1. The first-order valence-corrected chi connectivity index (χ1v) is 7.74. The summed E-state index contributed by atoms with van der Waals surface area (Å²) in [5, 5.41) is 12.3. The van der Waals surface area contributed by atoms with Crippen LogP contribution in [0.3, 0.4) is 0 Å². The van der Waals surface area contributed by atoms with Gasteiger partial charge < -0.3 is 5.11 Å². The van der Waals surface area contributed by atoms with Crippen LogP contribution in [-0.2, 0) is 6.42 Å². The molecule has 1 aromatic heterocycles. The number of halogens is 1. The van der Waals surface area contributed by atoms with Gasteiger partial charge in [-0.25, -0.2) is 0 Å². The summed E-state index contributed by atoms with van der Waals surface area (Å²) in [4.78, 5) is 0. The van der Waals surface area contributed by atoms with Crippen LogP contribution in [-0.4, -0.2) is 5.11 Å². The normalized spacial score (nSPS) is 12.9. The number of aliphatic hydroxyl groups excluding tert-OH is 1.